The van der Waals surface area contributed by atoms with E-state index in [1.807, 2.05) is 49.3 Å². The van der Waals surface area contributed by atoms with Crippen molar-refractivity contribution < 1.29 is 14.6 Å². The van der Waals surface area contributed by atoms with Crippen LogP contribution < -0.4 is 10.5 Å². The highest BCUT2D eigenvalue weighted by Crippen LogP contribution is 2.36. The molecule has 0 saturated carbocycles. The molecule has 1 fully saturated rings. The molecule has 1 aliphatic heterocycles. The second-order valence-electron chi connectivity index (χ2n) is 7.26. The summed E-state index contributed by atoms with van der Waals surface area (Å²) < 4.78 is 5.59. The van der Waals surface area contributed by atoms with Gasteiger partial charge < -0.3 is 25.4 Å². The Balaban J connectivity index is 0.00000225. The molecule has 30 heavy (non-hydrogen) atoms. The minimum absolute atomic E-state index is 0. The van der Waals surface area contributed by atoms with Crippen LogP contribution in [0.15, 0.2) is 48.7 Å². The van der Waals surface area contributed by atoms with Crippen LogP contribution in [0.5, 0.6) is 5.75 Å². The van der Waals surface area contributed by atoms with E-state index in [1.54, 1.807) is 23.2 Å². The number of likely N-dealkylation sites (tertiary alicyclic amines) is 1. The number of amides is 1. The van der Waals surface area contributed by atoms with E-state index in [2.05, 4.69) is 4.98 Å². The van der Waals surface area contributed by atoms with Crippen molar-refractivity contribution in [1.82, 2.24) is 14.8 Å². The van der Waals surface area contributed by atoms with Gasteiger partial charge in [-0.2, -0.15) is 0 Å². The average molecular weight is 457 g/mol. The number of benzene rings is 1. The number of halogens is 2. The molecule has 3 rings (SSSR count). The maximum Gasteiger partial charge on any atom is 0.276 e. The van der Waals surface area contributed by atoms with E-state index in [0.29, 0.717) is 38.4 Å². The molecule has 7 nitrogen and oxygen atoms in total. The number of hydrogen-bond donors (Lipinski definition) is 2. The van der Waals surface area contributed by atoms with E-state index in [1.165, 1.54) is 0 Å². The van der Waals surface area contributed by atoms with Crippen LogP contribution in [0.3, 0.4) is 0 Å². The largest absolute Gasteiger partial charge is 0.490 e. The summed E-state index contributed by atoms with van der Waals surface area (Å²) in [7, 11) is 3.84. The van der Waals surface area contributed by atoms with Crippen LogP contribution in [0.25, 0.3) is 0 Å². The van der Waals surface area contributed by atoms with Crippen LogP contribution in [0.2, 0.25) is 0 Å². The summed E-state index contributed by atoms with van der Waals surface area (Å²) in [6, 6.07) is 12.9. The van der Waals surface area contributed by atoms with E-state index in [9.17, 15) is 9.90 Å². The summed E-state index contributed by atoms with van der Waals surface area (Å²) in [4.78, 5) is 21.1. The lowest BCUT2D eigenvalue weighted by Gasteiger charge is -2.47. The van der Waals surface area contributed by atoms with Gasteiger partial charge in [-0.15, -0.1) is 24.8 Å². The van der Waals surface area contributed by atoms with Crippen molar-refractivity contribution >= 4 is 30.7 Å². The molecular weight excluding hydrogens is 427 g/mol. The molecule has 2 atom stereocenters. The molecule has 1 aromatic heterocycles. The highest BCUT2D eigenvalue weighted by molar-refractivity contribution is 5.95. The third kappa shape index (κ3) is 5.42. The van der Waals surface area contributed by atoms with Crippen molar-refractivity contribution in [2.24, 2.45) is 5.73 Å². The van der Waals surface area contributed by atoms with Crippen LogP contribution in [0, 0.1) is 0 Å². The second-order valence-corrected chi connectivity index (χ2v) is 7.26. The molecule has 0 unspecified atom stereocenters. The molecule has 1 aromatic carbocycles. The van der Waals surface area contributed by atoms with Gasteiger partial charge >= 0.3 is 0 Å². The zero-order valence-electron chi connectivity index (χ0n) is 17.2. The van der Waals surface area contributed by atoms with Crippen molar-refractivity contribution in [3.63, 3.8) is 0 Å². The minimum Gasteiger partial charge on any atom is -0.490 e. The van der Waals surface area contributed by atoms with Crippen molar-refractivity contribution in [2.75, 3.05) is 40.3 Å². The first-order valence-electron chi connectivity index (χ1n) is 9.49. The zero-order chi connectivity index (χ0) is 20.1. The Morgan fingerprint density at radius 3 is 2.60 bits per heavy atom. The van der Waals surface area contributed by atoms with Crippen LogP contribution in [0.4, 0.5) is 0 Å². The molecule has 166 valence electrons. The van der Waals surface area contributed by atoms with Crippen molar-refractivity contribution in [3.05, 3.63) is 59.9 Å². The van der Waals surface area contributed by atoms with Gasteiger partial charge in [0.15, 0.2) is 11.4 Å². The lowest BCUT2D eigenvalue weighted by atomic mass is 9.79. The normalized spacial score (nSPS) is 20.8. The third-order valence-electron chi connectivity index (χ3n) is 5.24. The fourth-order valence-electron chi connectivity index (χ4n) is 3.75. The van der Waals surface area contributed by atoms with Gasteiger partial charge in [-0.05, 0) is 38.2 Å². The molecule has 0 spiro atoms. The summed E-state index contributed by atoms with van der Waals surface area (Å²) in [5.74, 6) is 0.234. The summed E-state index contributed by atoms with van der Waals surface area (Å²) in [6.07, 6.45) is 2.02. The standard InChI is InChI=1S/C21H28N4O3.2ClH/c1-24(2)18-15-25(13-10-21(18,27)16-7-4-3-5-8-16)20(26)19-17(28-14-11-22)9-6-12-23-19;;/h3-9,12,18,27H,10-11,13-15,22H2,1-2H3;2*1H/t18-,21+;;/m1../s1. The van der Waals surface area contributed by atoms with E-state index < -0.39 is 5.60 Å². The van der Waals surface area contributed by atoms with Crippen LogP contribution in [0.1, 0.15) is 22.5 Å². The van der Waals surface area contributed by atoms with Crippen LogP contribution in [-0.4, -0.2) is 72.2 Å². The number of likely N-dealkylation sites (N-methyl/N-ethyl adjacent to an activating group) is 1. The molecule has 0 radical (unpaired) electrons. The number of carbonyl (C=O) groups is 1. The van der Waals surface area contributed by atoms with E-state index in [4.69, 9.17) is 10.5 Å². The quantitative estimate of drug-likeness (QED) is 0.689. The Bertz CT molecular complexity index is 810. The Morgan fingerprint density at radius 1 is 1.27 bits per heavy atom. The number of aromatic nitrogens is 1. The molecule has 2 aromatic rings. The number of ether oxygens (including phenoxy) is 1. The van der Waals surface area contributed by atoms with Gasteiger partial charge in [-0.1, -0.05) is 30.3 Å². The maximum atomic E-state index is 13.2. The van der Waals surface area contributed by atoms with E-state index in [-0.39, 0.29) is 42.5 Å². The molecule has 0 bridgehead atoms. The SMILES string of the molecule is CN(C)[C@@H]1CN(C(=O)c2ncccc2OCCN)CC[C@]1(O)c1ccccc1.Cl.Cl. The van der Waals surface area contributed by atoms with Crippen molar-refractivity contribution in [3.8, 4) is 5.75 Å². The summed E-state index contributed by atoms with van der Waals surface area (Å²) >= 11 is 0. The Kier molecular flexibility index (Phi) is 10.0. The number of piperidine rings is 1. The second kappa shape index (κ2) is 11.5. The molecule has 1 saturated heterocycles. The predicted molar refractivity (Wildman–Crippen MR) is 122 cm³/mol. The Hall–Kier alpha value is -1.90. The number of carbonyl (C=O) groups excluding carboxylic acids is 1. The number of hydrogen-bond acceptors (Lipinski definition) is 6. The number of nitrogens with zero attached hydrogens (tertiary/aromatic N) is 3. The molecule has 1 aliphatic rings. The van der Waals surface area contributed by atoms with Gasteiger partial charge in [-0.25, -0.2) is 4.98 Å². The topological polar surface area (TPSA) is 91.9 Å². The fourth-order valence-corrected chi connectivity index (χ4v) is 3.75. The molecule has 3 N–H and O–H groups in total. The van der Waals surface area contributed by atoms with Gasteiger partial charge in [0, 0.05) is 25.8 Å². The summed E-state index contributed by atoms with van der Waals surface area (Å²) in [6.45, 7) is 1.50. The van der Waals surface area contributed by atoms with Crippen LogP contribution in [-0.2, 0) is 5.60 Å². The van der Waals surface area contributed by atoms with Gasteiger partial charge in [0.1, 0.15) is 12.2 Å². The molecule has 0 aliphatic carbocycles. The van der Waals surface area contributed by atoms with Gasteiger partial charge in [-0.3, -0.25) is 4.79 Å². The molecule has 9 heteroatoms. The third-order valence-corrected chi connectivity index (χ3v) is 5.24. The van der Waals surface area contributed by atoms with Crippen LogP contribution >= 0.6 is 24.8 Å². The molecule has 1 amide bonds. The maximum absolute atomic E-state index is 13.2. The first kappa shape index (κ1) is 26.1. The van der Waals surface area contributed by atoms with Gasteiger partial charge in [0.05, 0.1) is 6.04 Å². The first-order chi connectivity index (χ1) is 13.5. The molecule has 2 heterocycles. The minimum atomic E-state index is -1.02. The van der Waals surface area contributed by atoms with Gasteiger partial charge in [0.2, 0.25) is 0 Å². The number of rotatable bonds is 6. The highest BCUT2D eigenvalue weighted by Gasteiger charge is 2.45. The highest BCUT2D eigenvalue weighted by atomic mass is 35.5. The number of aliphatic hydroxyl groups is 1. The predicted octanol–water partition coefficient (Wildman–Crippen LogP) is 1.93. The summed E-state index contributed by atoms with van der Waals surface area (Å²) in [5, 5.41) is 11.5. The fraction of sp³-hybridized carbons (Fsp3) is 0.429. The summed E-state index contributed by atoms with van der Waals surface area (Å²) in [5.41, 5.74) is 5.63. The monoisotopic (exact) mass is 456 g/mol. The zero-order valence-corrected chi connectivity index (χ0v) is 18.9. The van der Waals surface area contributed by atoms with Gasteiger partial charge in [0.25, 0.3) is 5.91 Å². The van der Waals surface area contributed by atoms with Crippen molar-refractivity contribution in [1.29, 1.82) is 0 Å². The Labute approximate surface area is 190 Å². The lowest BCUT2D eigenvalue weighted by Crippen LogP contribution is -2.60. The number of pyridine rings is 1. The van der Waals surface area contributed by atoms with Crippen molar-refractivity contribution in [2.45, 2.75) is 18.1 Å². The number of nitrogens with two attached hydrogens (primary N) is 1. The van der Waals surface area contributed by atoms with E-state index >= 15 is 0 Å². The first-order valence-corrected chi connectivity index (χ1v) is 9.49. The lowest BCUT2D eigenvalue weighted by molar-refractivity contribution is -0.0811. The Morgan fingerprint density at radius 2 is 1.97 bits per heavy atom. The molecular formula is C21H30Cl2N4O3. The average Bonchev–Trinajstić information content (AvgIpc) is 2.72. The smallest absolute Gasteiger partial charge is 0.276 e. The van der Waals surface area contributed by atoms with E-state index in [0.717, 1.165) is 5.56 Å².